The van der Waals surface area contributed by atoms with Crippen molar-refractivity contribution in [3.63, 3.8) is 0 Å². The number of hydrogen-bond donors (Lipinski definition) is 3. The molecular formula is C15H21N3O4. The monoisotopic (exact) mass is 307 g/mol. The van der Waals surface area contributed by atoms with Crippen molar-refractivity contribution in [1.29, 1.82) is 0 Å². The Labute approximate surface area is 129 Å². The lowest BCUT2D eigenvalue weighted by atomic mass is 10.2. The number of benzene rings is 1. The van der Waals surface area contributed by atoms with Gasteiger partial charge in [-0.25, -0.2) is 0 Å². The Morgan fingerprint density at radius 3 is 2.82 bits per heavy atom. The van der Waals surface area contributed by atoms with Crippen LogP contribution in [0, 0.1) is 0 Å². The molecule has 3 N–H and O–H groups in total. The van der Waals surface area contributed by atoms with Crippen molar-refractivity contribution in [3.8, 4) is 5.75 Å². The molecule has 0 unspecified atom stereocenters. The number of aliphatic hydroxyl groups excluding tert-OH is 1. The van der Waals surface area contributed by atoms with E-state index in [1.54, 1.807) is 24.3 Å². The van der Waals surface area contributed by atoms with Crippen molar-refractivity contribution >= 4 is 17.5 Å². The minimum Gasteiger partial charge on any atom is -0.491 e. The van der Waals surface area contributed by atoms with Gasteiger partial charge in [0.1, 0.15) is 18.5 Å². The van der Waals surface area contributed by atoms with Crippen LogP contribution >= 0.6 is 0 Å². The van der Waals surface area contributed by atoms with Gasteiger partial charge < -0.3 is 20.5 Å². The molecule has 2 amide bonds. The molecule has 1 atom stereocenters. The van der Waals surface area contributed by atoms with E-state index in [2.05, 4.69) is 10.6 Å². The summed E-state index contributed by atoms with van der Waals surface area (Å²) in [6.07, 6.45) is -0.666. The van der Waals surface area contributed by atoms with Gasteiger partial charge >= 0.3 is 0 Å². The smallest absolute Gasteiger partial charge is 0.234 e. The van der Waals surface area contributed by atoms with Gasteiger partial charge in [-0.15, -0.1) is 0 Å². The molecule has 0 aliphatic carbocycles. The van der Waals surface area contributed by atoms with Crippen molar-refractivity contribution in [1.82, 2.24) is 10.2 Å². The molecule has 1 aliphatic rings. The second kappa shape index (κ2) is 7.77. The third kappa shape index (κ3) is 5.34. The highest BCUT2D eigenvalue weighted by Gasteiger charge is 2.19. The third-order valence-electron chi connectivity index (χ3n) is 3.20. The van der Waals surface area contributed by atoms with Crippen LogP contribution < -0.4 is 15.4 Å². The van der Waals surface area contributed by atoms with Gasteiger partial charge in [-0.05, 0) is 24.3 Å². The van der Waals surface area contributed by atoms with Crippen molar-refractivity contribution in [3.05, 3.63) is 24.3 Å². The number of amides is 2. The van der Waals surface area contributed by atoms with Crippen molar-refractivity contribution in [2.45, 2.75) is 13.0 Å². The van der Waals surface area contributed by atoms with Crippen LogP contribution in [0.1, 0.15) is 6.92 Å². The van der Waals surface area contributed by atoms with Crippen molar-refractivity contribution < 1.29 is 19.4 Å². The Kier molecular flexibility index (Phi) is 5.74. The lowest BCUT2D eigenvalue weighted by Crippen LogP contribution is -2.50. The zero-order valence-electron chi connectivity index (χ0n) is 12.5. The molecule has 0 saturated carbocycles. The van der Waals surface area contributed by atoms with Crippen LogP contribution in [-0.4, -0.2) is 60.7 Å². The fraction of sp³-hybridized carbons (Fsp3) is 0.467. The Morgan fingerprint density at radius 1 is 1.45 bits per heavy atom. The number of carbonyl (C=O) groups excluding carboxylic acids is 2. The Hall–Kier alpha value is -2.12. The highest BCUT2D eigenvalue weighted by atomic mass is 16.5. The fourth-order valence-corrected chi connectivity index (χ4v) is 2.23. The van der Waals surface area contributed by atoms with E-state index in [0.717, 1.165) is 6.54 Å². The predicted molar refractivity (Wildman–Crippen MR) is 81.7 cm³/mol. The number of ether oxygens (including phenoxy) is 1. The van der Waals surface area contributed by atoms with Gasteiger partial charge in [0.15, 0.2) is 0 Å². The summed E-state index contributed by atoms with van der Waals surface area (Å²) in [5.41, 5.74) is 0.694. The number of nitrogens with zero attached hydrogens (tertiary/aromatic N) is 1. The number of aliphatic hydroxyl groups is 1. The molecule has 7 nitrogen and oxygen atoms in total. The summed E-state index contributed by atoms with van der Waals surface area (Å²) in [7, 11) is 0. The number of hydrogen-bond acceptors (Lipinski definition) is 5. The second-order valence-corrected chi connectivity index (χ2v) is 5.26. The first kappa shape index (κ1) is 16.3. The van der Waals surface area contributed by atoms with Gasteiger partial charge in [0.05, 0.1) is 6.54 Å². The zero-order chi connectivity index (χ0) is 15.9. The summed E-state index contributed by atoms with van der Waals surface area (Å²) in [5, 5.41) is 15.4. The van der Waals surface area contributed by atoms with Crippen LogP contribution in [0.5, 0.6) is 5.75 Å². The summed E-state index contributed by atoms with van der Waals surface area (Å²) in [5.74, 6) is 0.465. The second-order valence-electron chi connectivity index (χ2n) is 5.26. The van der Waals surface area contributed by atoms with E-state index in [9.17, 15) is 14.7 Å². The molecule has 2 rings (SSSR count). The third-order valence-corrected chi connectivity index (χ3v) is 3.20. The Morgan fingerprint density at radius 2 is 2.18 bits per heavy atom. The first-order valence-corrected chi connectivity index (χ1v) is 7.20. The van der Waals surface area contributed by atoms with E-state index in [4.69, 9.17) is 4.74 Å². The van der Waals surface area contributed by atoms with Gasteiger partial charge in [-0.1, -0.05) is 0 Å². The highest BCUT2D eigenvalue weighted by Crippen LogP contribution is 2.15. The molecule has 0 aromatic heterocycles. The number of β-amino-alcohol motifs (C(OH)–C–C–N with tert-alkyl or cyclic N) is 1. The average molecular weight is 307 g/mol. The van der Waals surface area contributed by atoms with Crippen LogP contribution in [0.3, 0.4) is 0 Å². The van der Waals surface area contributed by atoms with E-state index in [0.29, 0.717) is 31.1 Å². The molecule has 0 spiro atoms. The normalized spacial score (nSPS) is 16.7. The van der Waals surface area contributed by atoms with Gasteiger partial charge in [-0.3, -0.25) is 14.5 Å². The van der Waals surface area contributed by atoms with E-state index >= 15 is 0 Å². The Balaban J connectivity index is 1.74. The van der Waals surface area contributed by atoms with E-state index in [1.807, 2.05) is 4.90 Å². The topological polar surface area (TPSA) is 90.9 Å². The lowest BCUT2D eigenvalue weighted by molar-refractivity contribution is -0.124. The molecule has 1 aromatic carbocycles. The average Bonchev–Trinajstić information content (AvgIpc) is 2.46. The molecule has 0 radical (unpaired) electrons. The van der Waals surface area contributed by atoms with Gasteiger partial charge in [0.2, 0.25) is 11.8 Å². The molecule has 1 heterocycles. The van der Waals surface area contributed by atoms with Crippen LogP contribution in [0.15, 0.2) is 24.3 Å². The number of nitrogens with one attached hydrogen (secondary N) is 2. The maximum Gasteiger partial charge on any atom is 0.234 e. The first-order chi connectivity index (χ1) is 10.5. The standard InChI is InChI=1S/C15H21N3O4/c1-11(19)17-12-2-4-14(5-3-12)22-10-13(20)8-18-7-6-16-15(21)9-18/h2-5,13,20H,6-10H2,1H3,(H,16,21)(H,17,19)/t13-/m1/s1. The molecule has 1 fully saturated rings. The molecule has 1 aromatic rings. The zero-order valence-corrected chi connectivity index (χ0v) is 12.5. The molecule has 22 heavy (non-hydrogen) atoms. The molecule has 0 bridgehead atoms. The van der Waals surface area contributed by atoms with Crippen LogP contribution in [0.25, 0.3) is 0 Å². The van der Waals surface area contributed by atoms with E-state index in [-0.39, 0.29) is 18.4 Å². The fourth-order valence-electron chi connectivity index (χ4n) is 2.23. The Bertz CT molecular complexity index is 518. The molecule has 1 aliphatic heterocycles. The molecule has 7 heteroatoms. The quantitative estimate of drug-likeness (QED) is 0.678. The number of rotatable bonds is 6. The van der Waals surface area contributed by atoms with E-state index < -0.39 is 6.10 Å². The maximum atomic E-state index is 11.2. The minimum absolute atomic E-state index is 0.0204. The number of piperazine rings is 1. The summed E-state index contributed by atoms with van der Waals surface area (Å²) in [6, 6.07) is 6.93. The summed E-state index contributed by atoms with van der Waals surface area (Å²) in [6.45, 7) is 3.64. The molecular weight excluding hydrogens is 286 g/mol. The summed E-state index contributed by atoms with van der Waals surface area (Å²) >= 11 is 0. The van der Waals surface area contributed by atoms with Crippen LogP contribution in [0.2, 0.25) is 0 Å². The maximum absolute atomic E-state index is 11.2. The highest BCUT2D eigenvalue weighted by molar-refractivity contribution is 5.88. The SMILES string of the molecule is CC(=O)Nc1ccc(OC[C@H](O)CN2CCNC(=O)C2)cc1. The van der Waals surface area contributed by atoms with E-state index in [1.165, 1.54) is 6.92 Å². The van der Waals surface area contributed by atoms with Gasteiger partial charge in [-0.2, -0.15) is 0 Å². The summed E-state index contributed by atoms with van der Waals surface area (Å²) < 4.78 is 5.51. The first-order valence-electron chi connectivity index (χ1n) is 7.20. The minimum atomic E-state index is -0.666. The number of anilines is 1. The number of carbonyl (C=O) groups is 2. The van der Waals surface area contributed by atoms with Gasteiger partial charge in [0.25, 0.3) is 0 Å². The van der Waals surface area contributed by atoms with Crippen LogP contribution in [0.4, 0.5) is 5.69 Å². The van der Waals surface area contributed by atoms with Crippen LogP contribution in [-0.2, 0) is 9.59 Å². The lowest BCUT2D eigenvalue weighted by Gasteiger charge is -2.28. The van der Waals surface area contributed by atoms with Gasteiger partial charge in [0, 0.05) is 32.2 Å². The summed E-state index contributed by atoms with van der Waals surface area (Å²) in [4.78, 5) is 24.1. The van der Waals surface area contributed by atoms with Crippen molar-refractivity contribution in [2.75, 3.05) is 38.1 Å². The molecule has 1 saturated heterocycles. The predicted octanol–water partition coefficient (Wildman–Crippen LogP) is -0.183. The largest absolute Gasteiger partial charge is 0.491 e. The van der Waals surface area contributed by atoms with Crippen molar-refractivity contribution in [2.24, 2.45) is 0 Å². The molecule has 120 valence electrons.